The van der Waals surface area contributed by atoms with Crippen LogP contribution in [0.2, 0.25) is 0 Å². The molecule has 1 amide bonds. The molecule has 0 radical (unpaired) electrons. The minimum Gasteiger partial charge on any atom is -0.306 e. The molecule has 0 aliphatic heterocycles. The van der Waals surface area contributed by atoms with Crippen molar-refractivity contribution in [3.63, 3.8) is 0 Å². The first-order valence-corrected chi connectivity index (χ1v) is 8.98. The number of rotatable bonds is 3. The van der Waals surface area contributed by atoms with E-state index < -0.39 is 0 Å². The largest absolute Gasteiger partial charge is 0.306 e. The summed E-state index contributed by atoms with van der Waals surface area (Å²) in [6, 6.07) is 17.1. The lowest BCUT2D eigenvalue weighted by molar-refractivity contribution is 0.102. The number of thiophene rings is 1. The molecule has 1 aromatic carbocycles. The Hall–Kier alpha value is -2.44. The van der Waals surface area contributed by atoms with Crippen LogP contribution < -0.4 is 5.32 Å². The van der Waals surface area contributed by atoms with Gasteiger partial charge in [0.15, 0.2) is 0 Å². The van der Waals surface area contributed by atoms with Gasteiger partial charge in [0.05, 0.1) is 10.4 Å². The average Bonchev–Trinajstić information content (AvgIpc) is 3.23. The van der Waals surface area contributed by atoms with Crippen LogP contribution in [0.5, 0.6) is 0 Å². The van der Waals surface area contributed by atoms with Gasteiger partial charge in [0, 0.05) is 10.7 Å². The molecule has 0 aliphatic carbocycles. The fourth-order valence-corrected chi connectivity index (χ4v) is 3.70. The summed E-state index contributed by atoms with van der Waals surface area (Å²) in [7, 11) is 0. The monoisotopic (exact) mass is 397 g/mol. The summed E-state index contributed by atoms with van der Waals surface area (Å²) in [6.07, 6.45) is 1.90. The normalized spacial score (nSPS) is 10.9. The SMILES string of the molecule is O=C(Nc1c(-c2cccs2)nc2ccccn12)c1ccccc1Br. The number of nitrogens with zero attached hydrogens (tertiary/aromatic N) is 2. The van der Waals surface area contributed by atoms with Crippen LogP contribution in [0, 0.1) is 0 Å². The maximum absolute atomic E-state index is 12.7. The van der Waals surface area contributed by atoms with Gasteiger partial charge < -0.3 is 5.32 Å². The third kappa shape index (κ3) is 2.64. The molecule has 0 fully saturated rings. The smallest absolute Gasteiger partial charge is 0.257 e. The van der Waals surface area contributed by atoms with E-state index in [1.54, 1.807) is 17.4 Å². The van der Waals surface area contributed by atoms with Crippen LogP contribution in [0.1, 0.15) is 10.4 Å². The van der Waals surface area contributed by atoms with E-state index in [0.717, 1.165) is 20.7 Å². The molecule has 4 rings (SSSR count). The van der Waals surface area contributed by atoms with Crippen LogP contribution in [0.3, 0.4) is 0 Å². The molecular weight excluding hydrogens is 386 g/mol. The Labute approximate surface area is 150 Å². The lowest BCUT2D eigenvalue weighted by atomic mass is 10.2. The van der Waals surface area contributed by atoms with Crippen LogP contribution in [-0.4, -0.2) is 15.3 Å². The maximum atomic E-state index is 12.7. The van der Waals surface area contributed by atoms with Crippen molar-refractivity contribution in [2.45, 2.75) is 0 Å². The molecule has 24 heavy (non-hydrogen) atoms. The van der Waals surface area contributed by atoms with Crippen LogP contribution in [0.4, 0.5) is 5.82 Å². The fraction of sp³-hybridized carbons (Fsp3) is 0. The number of imidazole rings is 1. The van der Waals surface area contributed by atoms with Crippen molar-refractivity contribution in [2.75, 3.05) is 5.32 Å². The van der Waals surface area contributed by atoms with Crippen LogP contribution in [0.25, 0.3) is 16.2 Å². The van der Waals surface area contributed by atoms with Gasteiger partial charge in [0.1, 0.15) is 17.2 Å². The third-order valence-corrected chi connectivity index (χ3v) is 5.20. The van der Waals surface area contributed by atoms with Crippen molar-refractivity contribution in [3.8, 4) is 10.6 Å². The third-order valence-electron chi connectivity index (χ3n) is 3.63. The van der Waals surface area contributed by atoms with Gasteiger partial charge in [-0.25, -0.2) is 4.98 Å². The minimum atomic E-state index is -0.175. The summed E-state index contributed by atoms with van der Waals surface area (Å²) in [5.74, 6) is 0.500. The van der Waals surface area contributed by atoms with Crippen LogP contribution >= 0.6 is 27.3 Å². The number of fused-ring (bicyclic) bond motifs is 1. The predicted molar refractivity (Wildman–Crippen MR) is 101 cm³/mol. The number of halogens is 1. The van der Waals surface area contributed by atoms with E-state index in [9.17, 15) is 4.79 Å². The zero-order chi connectivity index (χ0) is 16.5. The van der Waals surface area contributed by atoms with Gasteiger partial charge in [0.2, 0.25) is 0 Å². The summed E-state index contributed by atoms with van der Waals surface area (Å²) in [5, 5.41) is 5.02. The molecule has 6 heteroatoms. The minimum absolute atomic E-state index is 0.175. The Balaban J connectivity index is 1.82. The molecule has 0 bridgehead atoms. The number of carbonyl (C=O) groups is 1. The van der Waals surface area contributed by atoms with Crippen LogP contribution in [0.15, 0.2) is 70.6 Å². The second-order valence-corrected chi connectivity index (χ2v) is 6.95. The number of hydrogen-bond acceptors (Lipinski definition) is 3. The number of carbonyl (C=O) groups excluding carboxylic acids is 1. The zero-order valence-corrected chi connectivity index (χ0v) is 14.8. The van der Waals surface area contributed by atoms with E-state index in [-0.39, 0.29) is 5.91 Å². The molecule has 4 aromatic rings. The van der Waals surface area contributed by atoms with Gasteiger partial charge in [0.25, 0.3) is 5.91 Å². The highest BCUT2D eigenvalue weighted by molar-refractivity contribution is 9.10. The van der Waals surface area contributed by atoms with E-state index >= 15 is 0 Å². The summed E-state index contributed by atoms with van der Waals surface area (Å²) in [6.45, 7) is 0. The van der Waals surface area contributed by atoms with Crippen LogP contribution in [-0.2, 0) is 0 Å². The van der Waals surface area contributed by atoms with Gasteiger partial charge in [-0.1, -0.05) is 24.3 Å². The molecule has 0 unspecified atom stereocenters. The zero-order valence-electron chi connectivity index (χ0n) is 12.4. The molecular formula is C18H12BrN3OS. The quantitative estimate of drug-likeness (QED) is 0.523. The van der Waals surface area contributed by atoms with E-state index in [4.69, 9.17) is 0 Å². The highest BCUT2D eigenvalue weighted by Crippen LogP contribution is 2.32. The highest BCUT2D eigenvalue weighted by Gasteiger charge is 2.18. The standard InChI is InChI=1S/C18H12BrN3OS/c19-13-7-2-1-6-12(13)18(23)21-17-16(14-8-5-11-24-14)20-15-9-3-4-10-22(15)17/h1-11H,(H,21,23). The number of amides is 1. The lowest BCUT2D eigenvalue weighted by Gasteiger charge is -2.08. The van der Waals surface area contributed by atoms with Gasteiger partial charge >= 0.3 is 0 Å². The first-order chi connectivity index (χ1) is 11.7. The second-order valence-electron chi connectivity index (χ2n) is 5.15. The Kier molecular flexibility index (Phi) is 3.92. The number of hydrogen-bond donors (Lipinski definition) is 1. The maximum Gasteiger partial charge on any atom is 0.257 e. The van der Waals surface area contributed by atoms with Crippen molar-refractivity contribution >= 4 is 44.6 Å². The lowest BCUT2D eigenvalue weighted by Crippen LogP contribution is -2.14. The number of aromatic nitrogens is 2. The first-order valence-electron chi connectivity index (χ1n) is 7.31. The van der Waals surface area contributed by atoms with Crippen molar-refractivity contribution < 1.29 is 4.79 Å². The summed E-state index contributed by atoms with van der Waals surface area (Å²) < 4.78 is 2.65. The Morgan fingerprint density at radius 2 is 1.92 bits per heavy atom. The number of pyridine rings is 1. The molecule has 0 saturated carbocycles. The van der Waals surface area contributed by atoms with E-state index in [1.165, 1.54) is 0 Å². The molecule has 0 spiro atoms. The topological polar surface area (TPSA) is 46.4 Å². The first kappa shape index (κ1) is 15.1. The van der Waals surface area contributed by atoms with Crippen molar-refractivity contribution in [3.05, 3.63) is 76.2 Å². The molecule has 3 aromatic heterocycles. The van der Waals surface area contributed by atoms with Gasteiger partial charge in [-0.2, -0.15) is 0 Å². The summed E-state index contributed by atoms with van der Waals surface area (Å²) in [4.78, 5) is 18.4. The second kappa shape index (κ2) is 6.22. The Morgan fingerprint density at radius 3 is 2.71 bits per heavy atom. The molecule has 0 atom stereocenters. The van der Waals surface area contributed by atoms with E-state index in [2.05, 4.69) is 26.2 Å². The van der Waals surface area contributed by atoms with Gasteiger partial charge in [-0.3, -0.25) is 9.20 Å². The molecule has 0 saturated heterocycles. The number of anilines is 1. The summed E-state index contributed by atoms with van der Waals surface area (Å²) >= 11 is 5.02. The molecule has 0 aliphatic rings. The average molecular weight is 398 g/mol. The molecule has 1 N–H and O–H groups in total. The van der Waals surface area contributed by atoms with Gasteiger partial charge in [-0.15, -0.1) is 11.3 Å². The van der Waals surface area contributed by atoms with Crippen molar-refractivity contribution in [2.24, 2.45) is 0 Å². The molecule has 3 heterocycles. The van der Waals surface area contributed by atoms with E-state index in [0.29, 0.717) is 11.4 Å². The highest BCUT2D eigenvalue weighted by atomic mass is 79.9. The van der Waals surface area contributed by atoms with Crippen molar-refractivity contribution in [1.82, 2.24) is 9.38 Å². The van der Waals surface area contributed by atoms with Gasteiger partial charge in [-0.05, 0) is 51.6 Å². The Bertz CT molecular complexity index is 1020. The Morgan fingerprint density at radius 1 is 1.08 bits per heavy atom. The number of nitrogens with one attached hydrogen (secondary N) is 1. The predicted octanol–water partition coefficient (Wildman–Crippen LogP) is 5.08. The van der Waals surface area contributed by atoms with Crippen molar-refractivity contribution in [1.29, 1.82) is 0 Å². The molecule has 118 valence electrons. The fourth-order valence-electron chi connectivity index (χ4n) is 2.52. The van der Waals surface area contributed by atoms with E-state index in [1.807, 2.05) is 64.5 Å². The summed E-state index contributed by atoms with van der Waals surface area (Å²) in [5.41, 5.74) is 2.15. The number of benzene rings is 1. The molecule has 4 nitrogen and oxygen atoms in total.